The fourth-order valence-corrected chi connectivity index (χ4v) is 3.56. The quantitative estimate of drug-likeness (QED) is 0.426. The number of hydrogen-bond donors (Lipinski definition) is 2. The van der Waals surface area contributed by atoms with E-state index in [9.17, 15) is 5.26 Å². The van der Waals surface area contributed by atoms with Gasteiger partial charge in [-0.25, -0.2) is 15.0 Å². The molecule has 0 aliphatic carbocycles. The van der Waals surface area contributed by atoms with Crippen LogP contribution in [0.1, 0.15) is 17.0 Å². The molecule has 0 fully saturated rings. The molecule has 0 aliphatic rings. The Hall–Kier alpha value is -4.91. The summed E-state index contributed by atoms with van der Waals surface area (Å²) in [4.78, 5) is 22.2. The summed E-state index contributed by atoms with van der Waals surface area (Å²) < 4.78 is 1.46. The molecule has 0 aliphatic heterocycles. The fourth-order valence-electron chi connectivity index (χ4n) is 3.56. The van der Waals surface area contributed by atoms with Crippen LogP contribution in [0.2, 0.25) is 0 Å². The van der Waals surface area contributed by atoms with Gasteiger partial charge in [-0.2, -0.15) is 14.8 Å². The number of aryl methyl sites for hydroxylation is 1. The molecule has 5 aromatic rings. The van der Waals surface area contributed by atoms with Crippen LogP contribution in [0.4, 0.5) is 11.9 Å². The molecular formula is C23H18N10. The van der Waals surface area contributed by atoms with E-state index in [0.717, 1.165) is 11.4 Å². The molecule has 4 aromatic heterocycles. The Morgan fingerprint density at radius 1 is 1.06 bits per heavy atom. The van der Waals surface area contributed by atoms with E-state index in [1.807, 2.05) is 37.3 Å². The molecule has 10 nitrogen and oxygen atoms in total. The average molecular weight is 434 g/mol. The largest absolute Gasteiger partial charge is 0.368 e. The van der Waals surface area contributed by atoms with Gasteiger partial charge in [0, 0.05) is 17.5 Å². The van der Waals surface area contributed by atoms with Gasteiger partial charge in [-0.1, -0.05) is 24.3 Å². The molecular weight excluding hydrogens is 416 g/mol. The van der Waals surface area contributed by atoms with Crippen LogP contribution in [0, 0.1) is 18.3 Å². The summed E-state index contributed by atoms with van der Waals surface area (Å²) in [6.45, 7) is 2.38. The number of aromatic nitrogens is 7. The van der Waals surface area contributed by atoms with Gasteiger partial charge in [0.15, 0.2) is 5.65 Å². The third kappa shape index (κ3) is 3.79. The Bertz CT molecular complexity index is 1500. The van der Waals surface area contributed by atoms with Crippen molar-refractivity contribution in [3.63, 3.8) is 0 Å². The Morgan fingerprint density at radius 2 is 1.94 bits per heavy atom. The number of nitrogen functional groups attached to an aromatic ring is 1. The van der Waals surface area contributed by atoms with Crippen molar-refractivity contribution in [2.24, 2.45) is 0 Å². The normalized spacial score (nSPS) is 10.8. The second-order valence-corrected chi connectivity index (χ2v) is 7.24. The highest BCUT2D eigenvalue weighted by molar-refractivity contribution is 5.91. The van der Waals surface area contributed by atoms with Crippen molar-refractivity contribution in [2.45, 2.75) is 13.5 Å². The molecule has 0 radical (unpaired) electrons. The lowest BCUT2D eigenvalue weighted by Crippen LogP contribution is -2.07. The van der Waals surface area contributed by atoms with E-state index in [-0.39, 0.29) is 5.95 Å². The van der Waals surface area contributed by atoms with Gasteiger partial charge in [0.2, 0.25) is 11.9 Å². The van der Waals surface area contributed by atoms with Gasteiger partial charge in [-0.3, -0.25) is 4.98 Å². The van der Waals surface area contributed by atoms with E-state index in [4.69, 9.17) is 5.73 Å². The smallest absolute Gasteiger partial charge is 0.243 e. The van der Waals surface area contributed by atoms with E-state index in [1.165, 1.54) is 10.8 Å². The number of nitrogens with zero attached hydrogens (tertiary/aromatic N) is 8. The molecule has 4 heterocycles. The summed E-state index contributed by atoms with van der Waals surface area (Å²) in [6, 6.07) is 17.0. The SMILES string of the molecule is Cc1cccc(CNc2nc3c(-c4ccncn4)c(-c4ccccc4C#N)nc(N)n3n2)n1. The minimum Gasteiger partial charge on any atom is -0.368 e. The number of nitrogens with one attached hydrogen (secondary N) is 1. The summed E-state index contributed by atoms with van der Waals surface area (Å²) >= 11 is 0. The molecule has 0 atom stereocenters. The molecule has 33 heavy (non-hydrogen) atoms. The van der Waals surface area contributed by atoms with Crippen LogP contribution in [0.3, 0.4) is 0 Å². The average Bonchev–Trinajstić information content (AvgIpc) is 3.28. The number of pyridine rings is 1. The minimum absolute atomic E-state index is 0.139. The van der Waals surface area contributed by atoms with Crippen molar-refractivity contribution in [3.05, 3.63) is 78.0 Å². The molecule has 0 unspecified atom stereocenters. The molecule has 10 heteroatoms. The Kier molecular flexibility index (Phi) is 5.04. The van der Waals surface area contributed by atoms with E-state index >= 15 is 0 Å². The third-order valence-corrected chi connectivity index (χ3v) is 5.03. The third-order valence-electron chi connectivity index (χ3n) is 5.03. The van der Waals surface area contributed by atoms with Crippen molar-refractivity contribution in [2.75, 3.05) is 11.1 Å². The van der Waals surface area contributed by atoms with Crippen molar-refractivity contribution < 1.29 is 0 Å². The first-order chi connectivity index (χ1) is 16.1. The van der Waals surface area contributed by atoms with E-state index < -0.39 is 0 Å². The zero-order chi connectivity index (χ0) is 22.8. The molecule has 0 saturated carbocycles. The minimum atomic E-state index is 0.139. The predicted octanol–water partition coefficient (Wildman–Crippen LogP) is 3.02. The van der Waals surface area contributed by atoms with Crippen LogP contribution in [-0.2, 0) is 6.54 Å². The summed E-state index contributed by atoms with van der Waals surface area (Å²) in [5.41, 5.74) is 11.3. The highest BCUT2D eigenvalue weighted by Gasteiger charge is 2.22. The molecule has 1 aromatic carbocycles. The number of nitrogens with two attached hydrogens (primary N) is 1. The second-order valence-electron chi connectivity index (χ2n) is 7.24. The lowest BCUT2D eigenvalue weighted by atomic mass is 10.00. The number of anilines is 2. The number of nitriles is 1. The van der Waals surface area contributed by atoms with Gasteiger partial charge < -0.3 is 11.1 Å². The maximum atomic E-state index is 9.64. The van der Waals surface area contributed by atoms with Crippen LogP contribution in [0.25, 0.3) is 28.2 Å². The first kappa shape index (κ1) is 20.0. The molecule has 0 bridgehead atoms. The Labute approximate surface area is 188 Å². The Balaban J connectivity index is 1.68. The van der Waals surface area contributed by atoms with E-state index in [0.29, 0.717) is 46.2 Å². The first-order valence-corrected chi connectivity index (χ1v) is 10.1. The zero-order valence-electron chi connectivity index (χ0n) is 17.6. The van der Waals surface area contributed by atoms with Gasteiger partial charge in [0.25, 0.3) is 0 Å². The number of benzene rings is 1. The summed E-state index contributed by atoms with van der Waals surface area (Å²) in [7, 11) is 0. The Morgan fingerprint density at radius 3 is 2.73 bits per heavy atom. The predicted molar refractivity (Wildman–Crippen MR) is 123 cm³/mol. The number of hydrogen-bond acceptors (Lipinski definition) is 9. The van der Waals surface area contributed by atoms with Crippen LogP contribution in [0.5, 0.6) is 0 Å². The maximum absolute atomic E-state index is 9.64. The lowest BCUT2D eigenvalue weighted by molar-refractivity contribution is 0.925. The maximum Gasteiger partial charge on any atom is 0.243 e. The standard InChI is InChI=1S/C23H18N10/c1-14-5-4-7-16(29-14)12-27-23-31-21-19(18-9-10-26-13-28-18)20(30-22(25)33(21)32-23)17-8-3-2-6-15(17)11-24/h2-10,13H,12H2,1H3,(H2,25,30)(H,27,32). The summed E-state index contributed by atoms with van der Waals surface area (Å²) in [5, 5.41) is 17.3. The van der Waals surface area contributed by atoms with Crippen LogP contribution in [0.15, 0.2) is 61.1 Å². The van der Waals surface area contributed by atoms with Crippen molar-refractivity contribution >= 4 is 17.5 Å². The van der Waals surface area contributed by atoms with Crippen LogP contribution >= 0.6 is 0 Å². The number of fused-ring (bicyclic) bond motifs is 1. The van der Waals surface area contributed by atoms with Crippen molar-refractivity contribution in [1.82, 2.24) is 34.5 Å². The van der Waals surface area contributed by atoms with Crippen LogP contribution in [-0.4, -0.2) is 34.5 Å². The molecule has 0 amide bonds. The van der Waals surface area contributed by atoms with Gasteiger partial charge in [0.05, 0.1) is 40.8 Å². The highest BCUT2D eigenvalue weighted by Crippen LogP contribution is 2.35. The van der Waals surface area contributed by atoms with Gasteiger partial charge >= 0.3 is 0 Å². The highest BCUT2D eigenvalue weighted by atomic mass is 15.4. The second kappa shape index (κ2) is 8.32. The van der Waals surface area contributed by atoms with E-state index in [2.05, 4.69) is 41.4 Å². The van der Waals surface area contributed by atoms with Crippen LogP contribution < -0.4 is 11.1 Å². The summed E-state index contributed by atoms with van der Waals surface area (Å²) in [5.74, 6) is 0.507. The first-order valence-electron chi connectivity index (χ1n) is 10.1. The van der Waals surface area contributed by atoms with Gasteiger partial charge in [-0.05, 0) is 31.2 Å². The molecule has 5 rings (SSSR count). The van der Waals surface area contributed by atoms with Crippen molar-refractivity contribution in [1.29, 1.82) is 5.26 Å². The molecule has 0 spiro atoms. The fraction of sp³-hybridized carbons (Fsp3) is 0.0870. The van der Waals surface area contributed by atoms with Gasteiger partial charge in [0.1, 0.15) is 6.33 Å². The molecule has 3 N–H and O–H groups in total. The zero-order valence-corrected chi connectivity index (χ0v) is 17.6. The lowest BCUT2D eigenvalue weighted by Gasteiger charge is -2.12. The molecule has 160 valence electrons. The number of rotatable bonds is 5. The summed E-state index contributed by atoms with van der Waals surface area (Å²) in [6.07, 6.45) is 3.08. The topological polar surface area (TPSA) is 144 Å². The van der Waals surface area contributed by atoms with Gasteiger partial charge in [-0.15, -0.1) is 5.10 Å². The monoisotopic (exact) mass is 434 g/mol. The molecule has 0 saturated heterocycles. The van der Waals surface area contributed by atoms with E-state index in [1.54, 1.807) is 24.4 Å². The van der Waals surface area contributed by atoms with Crippen molar-refractivity contribution in [3.8, 4) is 28.6 Å².